The highest BCUT2D eigenvalue weighted by Crippen LogP contribution is 2.15. The van der Waals surface area contributed by atoms with Gasteiger partial charge in [-0.15, -0.1) is 0 Å². The van der Waals surface area contributed by atoms with Crippen molar-refractivity contribution in [3.8, 4) is 6.07 Å². The van der Waals surface area contributed by atoms with Gasteiger partial charge in [0.1, 0.15) is 0 Å². The van der Waals surface area contributed by atoms with Crippen molar-refractivity contribution >= 4 is 5.69 Å². The van der Waals surface area contributed by atoms with E-state index in [9.17, 15) is 0 Å². The van der Waals surface area contributed by atoms with E-state index in [4.69, 9.17) is 5.26 Å². The van der Waals surface area contributed by atoms with E-state index in [1.165, 1.54) is 0 Å². The Morgan fingerprint density at radius 3 is 2.64 bits per heavy atom. The predicted octanol–water partition coefficient (Wildman–Crippen LogP) is 1.44. The lowest BCUT2D eigenvalue weighted by Crippen LogP contribution is -2.34. The van der Waals surface area contributed by atoms with Crippen LogP contribution >= 0.6 is 0 Å². The Morgan fingerprint density at radius 2 is 2.07 bits per heavy atom. The summed E-state index contributed by atoms with van der Waals surface area (Å²) in [4.78, 5) is 2.10. The number of anilines is 1. The number of benzene rings is 1. The molecule has 70 valence electrons. The molecule has 0 bridgehead atoms. The first kappa shape index (κ1) is 8.79. The minimum atomic E-state index is 0.697. The van der Waals surface area contributed by atoms with Crippen LogP contribution in [0, 0.1) is 11.3 Å². The van der Waals surface area contributed by atoms with Crippen LogP contribution in [0.15, 0.2) is 36.5 Å². The lowest BCUT2D eigenvalue weighted by atomic mass is 10.2. The van der Waals surface area contributed by atoms with Crippen molar-refractivity contribution in [3.05, 3.63) is 42.1 Å². The van der Waals surface area contributed by atoms with Gasteiger partial charge in [0.2, 0.25) is 0 Å². The molecule has 3 nitrogen and oxygen atoms in total. The fourth-order valence-electron chi connectivity index (χ4n) is 1.41. The third kappa shape index (κ3) is 1.76. The molecule has 2 rings (SSSR count). The van der Waals surface area contributed by atoms with Gasteiger partial charge in [-0.3, -0.25) is 5.32 Å². The van der Waals surface area contributed by atoms with Gasteiger partial charge in [0.05, 0.1) is 18.3 Å². The number of rotatable bonds is 1. The highest BCUT2D eigenvalue weighted by Gasteiger charge is 2.04. The molecular weight excluding hydrogens is 174 g/mol. The van der Waals surface area contributed by atoms with E-state index in [1.54, 1.807) is 0 Å². The Labute approximate surface area is 83.3 Å². The molecule has 0 saturated carbocycles. The van der Waals surface area contributed by atoms with Crippen LogP contribution in [0.3, 0.4) is 0 Å². The topological polar surface area (TPSA) is 39.1 Å². The second-order valence-corrected chi connectivity index (χ2v) is 3.13. The van der Waals surface area contributed by atoms with Crippen LogP contribution in [0.25, 0.3) is 0 Å². The summed E-state index contributed by atoms with van der Waals surface area (Å²) in [5.41, 5.74) is 1.80. The van der Waals surface area contributed by atoms with Gasteiger partial charge in [-0.1, -0.05) is 6.08 Å². The Kier molecular flexibility index (Phi) is 2.48. The Hall–Kier alpha value is -1.79. The van der Waals surface area contributed by atoms with E-state index in [2.05, 4.69) is 28.6 Å². The molecule has 1 aliphatic rings. The summed E-state index contributed by atoms with van der Waals surface area (Å²) in [5.74, 6) is 0. The van der Waals surface area contributed by atoms with E-state index >= 15 is 0 Å². The summed E-state index contributed by atoms with van der Waals surface area (Å²) in [7, 11) is 0. The molecule has 14 heavy (non-hydrogen) atoms. The fourth-order valence-corrected chi connectivity index (χ4v) is 1.41. The lowest BCUT2D eigenvalue weighted by Gasteiger charge is -2.24. The van der Waals surface area contributed by atoms with Crippen molar-refractivity contribution in [1.29, 1.82) is 5.26 Å². The average molecular weight is 185 g/mol. The van der Waals surface area contributed by atoms with Crippen LogP contribution in [-0.2, 0) is 0 Å². The largest absolute Gasteiger partial charge is 0.335 e. The second-order valence-electron chi connectivity index (χ2n) is 3.13. The van der Waals surface area contributed by atoms with E-state index < -0.39 is 0 Å². The van der Waals surface area contributed by atoms with Gasteiger partial charge in [-0.25, -0.2) is 0 Å². The van der Waals surface area contributed by atoms with Crippen LogP contribution in [0.5, 0.6) is 0 Å². The molecular formula is C11H11N3. The first-order chi connectivity index (χ1) is 6.90. The molecule has 1 N–H and O–H groups in total. The van der Waals surface area contributed by atoms with Crippen molar-refractivity contribution in [3.63, 3.8) is 0 Å². The van der Waals surface area contributed by atoms with E-state index in [0.717, 1.165) is 18.9 Å². The number of nitriles is 1. The van der Waals surface area contributed by atoms with Crippen LogP contribution < -0.4 is 10.2 Å². The molecule has 1 aliphatic heterocycles. The zero-order chi connectivity index (χ0) is 9.80. The molecule has 0 aliphatic carbocycles. The second kappa shape index (κ2) is 3.95. The van der Waals surface area contributed by atoms with Gasteiger partial charge in [0.15, 0.2) is 0 Å². The summed E-state index contributed by atoms with van der Waals surface area (Å²) in [6, 6.07) is 9.68. The molecule has 0 aromatic heterocycles. The van der Waals surface area contributed by atoms with Gasteiger partial charge < -0.3 is 4.90 Å². The van der Waals surface area contributed by atoms with Crippen molar-refractivity contribution < 1.29 is 0 Å². The van der Waals surface area contributed by atoms with Crippen LogP contribution in [0.4, 0.5) is 5.69 Å². The normalized spacial score (nSPS) is 15.2. The lowest BCUT2D eigenvalue weighted by molar-refractivity contribution is 0.722. The first-order valence-corrected chi connectivity index (χ1v) is 4.54. The molecule has 1 heterocycles. The molecule has 0 amide bonds. The molecule has 0 atom stereocenters. The first-order valence-electron chi connectivity index (χ1n) is 4.54. The Bertz CT molecular complexity index is 373. The third-order valence-corrected chi connectivity index (χ3v) is 2.16. The summed E-state index contributed by atoms with van der Waals surface area (Å²) in [5, 5.41) is 11.9. The van der Waals surface area contributed by atoms with Crippen LogP contribution in [0.2, 0.25) is 0 Å². The van der Waals surface area contributed by atoms with Crippen molar-refractivity contribution in [2.75, 3.05) is 18.1 Å². The summed E-state index contributed by atoms with van der Waals surface area (Å²) < 4.78 is 0. The van der Waals surface area contributed by atoms with E-state index in [1.807, 2.05) is 24.3 Å². The predicted molar refractivity (Wildman–Crippen MR) is 55.6 cm³/mol. The minimum absolute atomic E-state index is 0.697. The van der Waals surface area contributed by atoms with Gasteiger partial charge in [0.25, 0.3) is 0 Å². The molecule has 0 unspecified atom stereocenters. The third-order valence-electron chi connectivity index (χ3n) is 2.16. The fraction of sp³-hybridized carbons (Fsp3) is 0.182. The zero-order valence-electron chi connectivity index (χ0n) is 7.77. The smallest absolute Gasteiger partial charge is 0.0991 e. The summed E-state index contributed by atoms with van der Waals surface area (Å²) in [6.45, 7) is 1.75. The molecule has 0 spiro atoms. The maximum atomic E-state index is 8.65. The molecule has 3 heteroatoms. The van der Waals surface area contributed by atoms with Gasteiger partial charge in [0, 0.05) is 18.4 Å². The highest BCUT2D eigenvalue weighted by atomic mass is 15.2. The highest BCUT2D eigenvalue weighted by molar-refractivity contribution is 5.52. The number of nitrogens with one attached hydrogen (secondary N) is 1. The standard InChI is InChI=1S/C11H11N3/c12-8-10-2-4-11(5-3-10)14-7-1-6-13-9-14/h1-5,7,13H,6,9H2. The van der Waals surface area contributed by atoms with Crippen LogP contribution in [-0.4, -0.2) is 13.2 Å². The number of hydrogen-bond donors (Lipinski definition) is 1. The zero-order valence-corrected chi connectivity index (χ0v) is 7.77. The van der Waals surface area contributed by atoms with Crippen LogP contribution in [0.1, 0.15) is 5.56 Å². The van der Waals surface area contributed by atoms with Gasteiger partial charge in [-0.05, 0) is 24.3 Å². The average Bonchev–Trinajstić information content (AvgIpc) is 2.30. The van der Waals surface area contributed by atoms with E-state index in [-0.39, 0.29) is 0 Å². The van der Waals surface area contributed by atoms with Gasteiger partial charge in [-0.2, -0.15) is 5.26 Å². The molecule has 0 radical (unpaired) electrons. The maximum absolute atomic E-state index is 8.65. The Balaban J connectivity index is 2.20. The summed E-state index contributed by atoms with van der Waals surface area (Å²) in [6.07, 6.45) is 4.12. The Morgan fingerprint density at radius 1 is 1.29 bits per heavy atom. The van der Waals surface area contributed by atoms with E-state index in [0.29, 0.717) is 5.56 Å². The van der Waals surface area contributed by atoms with Gasteiger partial charge >= 0.3 is 0 Å². The SMILES string of the molecule is N#Cc1ccc(N2C=CCNC2)cc1. The van der Waals surface area contributed by atoms with Crippen molar-refractivity contribution in [1.82, 2.24) is 5.32 Å². The van der Waals surface area contributed by atoms with Crippen molar-refractivity contribution in [2.24, 2.45) is 0 Å². The molecule has 0 saturated heterocycles. The maximum Gasteiger partial charge on any atom is 0.0991 e. The monoisotopic (exact) mass is 185 g/mol. The molecule has 0 fully saturated rings. The minimum Gasteiger partial charge on any atom is -0.335 e. The summed E-state index contributed by atoms with van der Waals surface area (Å²) >= 11 is 0. The number of nitrogens with zero attached hydrogens (tertiary/aromatic N) is 2. The quantitative estimate of drug-likeness (QED) is 0.719. The molecule has 1 aromatic rings. The number of hydrogen-bond acceptors (Lipinski definition) is 3. The molecule has 1 aromatic carbocycles. The van der Waals surface area contributed by atoms with Crippen molar-refractivity contribution in [2.45, 2.75) is 0 Å².